The zero-order valence-corrected chi connectivity index (χ0v) is 10.6. The zero-order chi connectivity index (χ0) is 13.0. The molecule has 2 rings (SSSR count). The highest BCUT2D eigenvalue weighted by atomic mass is 16.5. The number of carbonyl (C=O) groups excluding carboxylic acids is 2. The first kappa shape index (κ1) is 12.8. The van der Waals surface area contributed by atoms with E-state index in [4.69, 9.17) is 4.74 Å². The smallest absolute Gasteiger partial charge is 0.309 e. The second-order valence-electron chi connectivity index (χ2n) is 4.61. The number of rotatable bonds is 3. The number of ether oxygens (including phenoxy) is 1. The van der Waals surface area contributed by atoms with Gasteiger partial charge in [0.15, 0.2) is 0 Å². The predicted octanol–water partition coefficient (Wildman–Crippen LogP) is 2.70. The van der Waals surface area contributed by atoms with Gasteiger partial charge < -0.3 is 4.74 Å². The van der Waals surface area contributed by atoms with Gasteiger partial charge in [0.25, 0.3) is 0 Å². The molecule has 1 fully saturated rings. The van der Waals surface area contributed by atoms with Crippen LogP contribution in [0.2, 0.25) is 0 Å². The SMILES string of the molecule is CCOC(=O)[C@@H]1CCCC(=O)[C@H]1c1ccccc1. The predicted molar refractivity (Wildman–Crippen MR) is 68.2 cm³/mol. The maximum absolute atomic E-state index is 12.1. The van der Waals surface area contributed by atoms with Crippen molar-refractivity contribution in [1.82, 2.24) is 0 Å². The molecule has 0 aromatic heterocycles. The standard InChI is InChI=1S/C15H18O3/c1-2-18-15(17)12-9-6-10-13(16)14(12)11-7-4-3-5-8-11/h3-5,7-8,12,14H,2,6,9-10H2,1H3/t12-,14+/m1/s1. The Hall–Kier alpha value is -1.64. The molecule has 0 unspecified atom stereocenters. The molecule has 2 atom stereocenters. The van der Waals surface area contributed by atoms with Crippen molar-refractivity contribution in [3.63, 3.8) is 0 Å². The van der Waals surface area contributed by atoms with Crippen LogP contribution < -0.4 is 0 Å². The van der Waals surface area contributed by atoms with Crippen molar-refractivity contribution >= 4 is 11.8 Å². The first-order valence-electron chi connectivity index (χ1n) is 6.48. The maximum Gasteiger partial charge on any atom is 0.309 e. The first-order valence-corrected chi connectivity index (χ1v) is 6.48. The van der Waals surface area contributed by atoms with Crippen molar-refractivity contribution in [1.29, 1.82) is 0 Å². The van der Waals surface area contributed by atoms with Crippen molar-refractivity contribution in [3.8, 4) is 0 Å². The average Bonchev–Trinajstić information content (AvgIpc) is 2.39. The molecule has 0 N–H and O–H groups in total. The second-order valence-corrected chi connectivity index (χ2v) is 4.61. The Morgan fingerprint density at radius 3 is 2.72 bits per heavy atom. The zero-order valence-electron chi connectivity index (χ0n) is 10.6. The van der Waals surface area contributed by atoms with Crippen molar-refractivity contribution in [2.24, 2.45) is 5.92 Å². The van der Waals surface area contributed by atoms with Gasteiger partial charge in [-0.3, -0.25) is 9.59 Å². The molecule has 18 heavy (non-hydrogen) atoms. The highest BCUT2D eigenvalue weighted by Gasteiger charge is 2.38. The third kappa shape index (κ3) is 2.61. The molecule has 0 spiro atoms. The van der Waals surface area contributed by atoms with E-state index in [2.05, 4.69) is 0 Å². The van der Waals surface area contributed by atoms with E-state index in [1.807, 2.05) is 30.3 Å². The Morgan fingerprint density at radius 1 is 1.33 bits per heavy atom. The Bertz CT molecular complexity index is 425. The van der Waals surface area contributed by atoms with Gasteiger partial charge in [-0.15, -0.1) is 0 Å². The summed E-state index contributed by atoms with van der Waals surface area (Å²) in [5, 5.41) is 0. The molecule has 0 aliphatic heterocycles. The van der Waals surface area contributed by atoms with Crippen molar-refractivity contribution < 1.29 is 14.3 Å². The minimum absolute atomic E-state index is 0.158. The molecule has 1 aliphatic carbocycles. The minimum Gasteiger partial charge on any atom is -0.466 e. The van der Waals surface area contributed by atoms with Gasteiger partial charge in [0, 0.05) is 6.42 Å². The van der Waals surface area contributed by atoms with Gasteiger partial charge in [-0.2, -0.15) is 0 Å². The fourth-order valence-electron chi connectivity index (χ4n) is 2.62. The summed E-state index contributed by atoms with van der Waals surface area (Å²) in [5.41, 5.74) is 0.931. The number of Topliss-reactive ketones (excluding diaryl/α,β-unsaturated/α-hetero) is 1. The lowest BCUT2D eigenvalue weighted by Gasteiger charge is -2.28. The Morgan fingerprint density at radius 2 is 2.06 bits per heavy atom. The number of benzene rings is 1. The van der Waals surface area contributed by atoms with E-state index in [9.17, 15) is 9.59 Å². The quantitative estimate of drug-likeness (QED) is 0.770. The van der Waals surface area contributed by atoms with Gasteiger partial charge in [0.2, 0.25) is 0 Å². The normalized spacial score (nSPS) is 23.7. The van der Waals surface area contributed by atoms with E-state index < -0.39 is 0 Å². The summed E-state index contributed by atoms with van der Waals surface area (Å²) >= 11 is 0. The molecule has 3 nitrogen and oxygen atoms in total. The monoisotopic (exact) mass is 246 g/mol. The van der Waals surface area contributed by atoms with Crippen LogP contribution in [0.25, 0.3) is 0 Å². The van der Waals surface area contributed by atoms with Gasteiger partial charge in [-0.25, -0.2) is 0 Å². The van der Waals surface area contributed by atoms with Crippen molar-refractivity contribution in [2.75, 3.05) is 6.61 Å². The summed E-state index contributed by atoms with van der Waals surface area (Å²) in [6, 6.07) is 9.55. The fraction of sp³-hybridized carbons (Fsp3) is 0.467. The largest absolute Gasteiger partial charge is 0.466 e. The molecule has 1 aromatic carbocycles. The lowest BCUT2D eigenvalue weighted by atomic mass is 9.74. The van der Waals surface area contributed by atoms with Crippen LogP contribution in [-0.2, 0) is 14.3 Å². The topological polar surface area (TPSA) is 43.4 Å². The molecule has 96 valence electrons. The number of hydrogen-bond donors (Lipinski definition) is 0. The highest BCUT2D eigenvalue weighted by molar-refractivity contribution is 5.92. The van der Waals surface area contributed by atoms with E-state index in [1.165, 1.54) is 0 Å². The molecule has 3 heteroatoms. The third-order valence-electron chi connectivity index (χ3n) is 3.44. The van der Waals surface area contributed by atoms with Crippen molar-refractivity contribution in [2.45, 2.75) is 32.1 Å². The van der Waals surface area contributed by atoms with Crippen LogP contribution in [0.5, 0.6) is 0 Å². The first-order chi connectivity index (χ1) is 8.74. The minimum atomic E-state index is -0.320. The molecule has 0 heterocycles. The molecule has 0 bridgehead atoms. The van der Waals surface area contributed by atoms with Gasteiger partial charge in [-0.05, 0) is 25.3 Å². The fourth-order valence-corrected chi connectivity index (χ4v) is 2.62. The van der Waals surface area contributed by atoms with Gasteiger partial charge in [0.05, 0.1) is 18.4 Å². The highest BCUT2D eigenvalue weighted by Crippen LogP contribution is 2.36. The Balaban J connectivity index is 2.26. The second kappa shape index (κ2) is 5.80. The van der Waals surface area contributed by atoms with E-state index in [0.29, 0.717) is 13.0 Å². The van der Waals surface area contributed by atoms with Gasteiger partial charge in [0.1, 0.15) is 5.78 Å². The molecule has 1 aliphatic rings. The Kier molecular flexibility index (Phi) is 4.13. The summed E-state index contributed by atoms with van der Waals surface area (Å²) in [5.74, 6) is -0.711. The van der Waals surface area contributed by atoms with E-state index in [0.717, 1.165) is 18.4 Å². The van der Waals surface area contributed by atoms with Crippen LogP contribution in [0, 0.1) is 5.92 Å². The van der Waals surface area contributed by atoms with Gasteiger partial charge in [-0.1, -0.05) is 30.3 Å². The molecular weight excluding hydrogens is 228 g/mol. The summed E-state index contributed by atoms with van der Waals surface area (Å²) in [6.45, 7) is 2.16. The lowest BCUT2D eigenvalue weighted by Crippen LogP contribution is -2.33. The van der Waals surface area contributed by atoms with Crippen LogP contribution in [0.15, 0.2) is 30.3 Å². The average molecular weight is 246 g/mol. The van der Waals surface area contributed by atoms with E-state index in [1.54, 1.807) is 6.92 Å². The van der Waals surface area contributed by atoms with Crippen molar-refractivity contribution in [3.05, 3.63) is 35.9 Å². The summed E-state index contributed by atoms with van der Waals surface area (Å²) < 4.78 is 5.09. The molecule has 0 saturated heterocycles. The van der Waals surface area contributed by atoms with Crippen LogP contribution in [-0.4, -0.2) is 18.4 Å². The van der Waals surface area contributed by atoms with Crippen LogP contribution in [0.4, 0.5) is 0 Å². The summed E-state index contributed by atoms with van der Waals surface area (Å²) in [4.78, 5) is 24.1. The number of carbonyl (C=O) groups is 2. The number of ketones is 1. The lowest BCUT2D eigenvalue weighted by molar-refractivity contribution is -0.152. The van der Waals surface area contributed by atoms with E-state index in [-0.39, 0.29) is 23.6 Å². The van der Waals surface area contributed by atoms with Gasteiger partial charge >= 0.3 is 5.97 Å². The molecule has 0 radical (unpaired) electrons. The summed E-state index contributed by atoms with van der Waals surface area (Å²) in [6.07, 6.45) is 2.09. The number of esters is 1. The van der Waals surface area contributed by atoms with Crippen LogP contribution >= 0.6 is 0 Å². The third-order valence-corrected chi connectivity index (χ3v) is 3.44. The van der Waals surface area contributed by atoms with E-state index >= 15 is 0 Å². The maximum atomic E-state index is 12.1. The molecule has 1 saturated carbocycles. The molecule has 1 aromatic rings. The Labute approximate surface area is 107 Å². The van der Waals surface area contributed by atoms with Crippen LogP contribution in [0.1, 0.15) is 37.7 Å². The summed E-state index contributed by atoms with van der Waals surface area (Å²) in [7, 11) is 0. The molecule has 0 amide bonds. The number of hydrogen-bond acceptors (Lipinski definition) is 3. The molecular formula is C15H18O3. The van der Waals surface area contributed by atoms with Crippen LogP contribution in [0.3, 0.4) is 0 Å².